The van der Waals surface area contributed by atoms with Crippen molar-refractivity contribution in [3.05, 3.63) is 11.9 Å². The number of esters is 1. The van der Waals surface area contributed by atoms with Crippen LogP contribution in [-0.4, -0.2) is 28.6 Å². The van der Waals surface area contributed by atoms with E-state index in [9.17, 15) is 4.79 Å². The second-order valence-corrected chi connectivity index (χ2v) is 4.15. The van der Waals surface area contributed by atoms with Gasteiger partial charge in [-0.15, -0.1) is 0 Å². The van der Waals surface area contributed by atoms with Gasteiger partial charge in [-0.3, -0.25) is 0 Å². The molecule has 0 aromatic carbocycles. The quantitative estimate of drug-likeness (QED) is 0.756. The summed E-state index contributed by atoms with van der Waals surface area (Å²) in [5.41, 5.74) is 4.95. The van der Waals surface area contributed by atoms with E-state index in [1.165, 1.54) is 13.3 Å². The maximum absolute atomic E-state index is 11.4. The third kappa shape index (κ3) is 3.08. The zero-order valence-electron chi connectivity index (χ0n) is 9.77. The lowest BCUT2D eigenvalue weighted by molar-refractivity contribution is 0.0574. The van der Waals surface area contributed by atoms with Crippen LogP contribution in [0.2, 0.25) is 0 Å². The van der Waals surface area contributed by atoms with E-state index in [2.05, 4.69) is 14.7 Å². The van der Waals surface area contributed by atoms with E-state index in [1.54, 1.807) is 0 Å². The van der Waals surface area contributed by atoms with Crippen LogP contribution in [0.5, 0.6) is 5.88 Å². The van der Waals surface area contributed by atoms with Gasteiger partial charge in [-0.1, -0.05) is 0 Å². The summed E-state index contributed by atoms with van der Waals surface area (Å²) in [6.45, 7) is 5.52. The molecule has 0 atom stereocenters. The van der Waals surface area contributed by atoms with Gasteiger partial charge in [-0.2, -0.15) is 0 Å². The van der Waals surface area contributed by atoms with Crippen LogP contribution in [0.15, 0.2) is 6.20 Å². The number of ether oxygens (including phenoxy) is 2. The monoisotopic (exact) mass is 225 g/mol. The molecular formula is C10H15N3O3. The standard InChI is InChI=1S/C10H15N3O3/c1-10(2,3)16-8-7(9(14)15-4)13-6(11)5-12-8/h5H,1-4H3,(H2,11,13). The molecule has 0 spiro atoms. The topological polar surface area (TPSA) is 87.3 Å². The molecule has 0 aliphatic carbocycles. The molecule has 0 aliphatic heterocycles. The number of nitrogens with zero attached hydrogens (tertiary/aromatic N) is 2. The smallest absolute Gasteiger partial charge is 0.362 e. The molecule has 16 heavy (non-hydrogen) atoms. The van der Waals surface area contributed by atoms with E-state index >= 15 is 0 Å². The van der Waals surface area contributed by atoms with E-state index in [-0.39, 0.29) is 17.4 Å². The summed E-state index contributed by atoms with van der Waals surface area (Å²) in [6, 6.07) is 0. The van der Waals surface area contributed by atoms with E-state index in [0.717, 1.165) is 0 Å². The van der Waals surface area contributed by atoms with Crippen molar-refractivity contribution < 1.29 is 14.3 Å². The Bertz CT molecular complexity index is 399. The van der Waals surface area contributed by atoms with E-state index < -0.39 is 11.6 Å². The van der Waals surface area contributed by atoms with Gasteiger partial charge in [0, 0.05) is 0 Å². The van der Waals surface area contributed by atoms with Crippen molar-refractivity contribution in [1.82, 2.24) is 9.97 Å². The Morgan fingerprint density at radius 1 is 1.44 bits per heavy atom. The third-order valence-corrected chi connectivity index (χ3v) is 1.54. The minimum atomic E-state index is -0.626. The molecule has 0 unspecified atom stereocenters. The summed E-state index contributed by atoms with van der Waals surface area (Å²) in [7, 11) is 1.26. The number of rotatable bonds is 2. The largest absolute Gasteiger partial charge is 0.470 e. The fourth-order valence-corrected chi connectivity index (χ4v) is 0.986. The Balaban J connectivity index is 3.13. The zero-order valence-corrected chi connectivity index (χ0v) is 9.77. The van der Waals surface area contributed by atoms with Crippen LogP contribution < -0.4 is 10.5 Å². The van der Waals surface area contributed by atoms with Gasteiger partial charge in [0.15, 0.2) is 0 Å². The van der Waals surface area contributed by atoms with Crippen LogP contribution in [0.4, 0.5) is 5.82 Å². The molecule has 0 bridgehead atoms. The second kappa shape index (κ2) is 4.34. The number of hydrogen-bond acceptors (Lipinski definition) is 6. The Labute approximate surface area is 93.8 Å². The predicted octanol–water partition coefficient (Wildman–Crippen LogP) is 1.02. The third-order valence-electron chi connectivity index (χ3n) is 1.54. The molecule has 2 N–H and O–H groups in total. The first-order valence-electron chi connectivity index (χ1n) is 4.73. The Kier molecular flexibility index (Phi) is 3.31. The second-order valence-electron chi connectivity index (χ2n) is 4.15. The minimum absolute atomic E-state index is 0.0163. The molecule has 1 heterocycles. The van der Waals surface area contributed by atoms with Crippen LogP contribution in [0.3, 0.4) is 0 Å². The first-order chi connectivity index (χ1) is 7.33. The molecule has 1 aromatic heterocycles. The first-order valence-corrected chi connectivity index (χ1v) is 4.73. The lowest BCUT2D eigenvalue weighted by Crippen LogP contribution is -2.25. The van der Waals surface area contributed by atoms with Crippen molar-refractivity contribution in [2.45, 2.75) is 26.4 Å². The van der Waals surface area contributed by atoms with Crippen LogP contribution in [-0.2, 0) is 4.74 Å². The molecule has 0 amide bonds. The van der Waals surface area contributed by atoms with Crippen molar-refractivity contribution >= 4 is 11.8 Å². The molecule has 0 radical (unpaired) electrons. The molecule has 0 saturated heterocycles. The Hall–Kier alpha value is -1.85. The minimum Gasteiger partial charge on any atom is -0.470 e. The van der Waals surface area contributed by atoms with Gasteiger partial charge in [-0.25, -0.2) is 14.8 Å². The molecule has 0 fully saturated rings. The molecular weight excluding hydrogens is 210 g/mol. The predicted molar refractivity (Wildman–Crippen MR) is 58.2 cm³/mol. The van der Waals surface area contributed by atoms with Crippen LogP contribution in [0, 0.1) is 0 Å². The van der Waals surface area contributed by atoms with E-state index in [1.807, 2.05) is 20.8 Å². The molecule has 1 aromatic rings. The average molecular weight is 225 g/mol. The van der Waals surface area contributed by atoms with Gasteiger partial charge >= 0.3 is 5.97 Å². The number of nitrogen functional groups attached to an aromatic ring is 1. The summed E-state index contributed by atoms with van der Waals surface area (Å²) in [5.74, 6) is -0.366. The van der Waals surface area contributed by atoms with Crippen molar-refractivity contribution in [3.63, 3.8) is 0 Å². The van der Waals surface area contributed by atoms with Gasteiger partial charge in [0.05, 0.1) is 13.3 Å². The molecule has 0 aliphatic rings. The van der Waals surface area contributed by atoms with Gasteiger partial charge in [0.1, 0.15) is 11.4 Å². The highest BCUT2D eigenvalue weighted by atomic mass is 16.5. The first kappa shape index (κ1) is 12.2. The fourth-order valence-electron chi connectivity index (χ4n) is 0.986. The molecule has 1 rings (SSSR count). The zero-order chi connectivity index (χ0) is 12.3. The van der Waals surface area contributed by atoms with Gasteiger partial charge in [0.2, 0.25) is 11.6 Å². The van der Waals surface area contributed by atoms with Crippen LogP contribution >= 0.6 is 0 Å². The van der Waals surface area contributed by atoms with Crippen molar-refractivity contribution in [3.8, 4) is 5.88 Å². The van der Waals surface area contributed by atoms with Gasteiger partial charge < -0.3 is 15.2 Å². The molecule has 6 heteroatoms. The summed E-state index contributed by atoms with van der Waals surface area (Å²) < 4.78 is 10.1. The number of methoxy groups -OCH3 is 1. The summed E-state index contributed by atoms with van der Waals surface area (Å²) >= 11 is 0. The normalized spacial score (nSPS) is 11.0. The maximum atomic E-state index is 11.4. The number of carbonyl (C=O) groups excluding carboxylic acids is 1. The van der Waals surface area contributed by atoms with Crippen LogP contribution in [0.25, 0.3) is 0 Å². The summed E-state index contributed by atoms with van der Waals surface area (Å²) in [6.07, 6.45) is 1.33. The summed E-state index contributed by atoms with van der Waals surface area (Å²) in [4.78, 5) is 19.2. The molecule has 0 saturated carbocycles. The van der Waals surface area contributed by atoms with E-state index in [4.69, 9.17) is 10.5 Å². The highest BCUT2D eigenvalue weighted by molar-refractivity contribution is 5.89. The van der Waals surface area contributed by atoms with E-state index in [0.29, 0.717) is 0 Å². The van der Waals surface area contributed by atoms with Crippen molar-refractivity contribution in [1.29, 1.82) is 0 Å². The number of carbonyl (C=O) groups is 1. The van der Waals surface area contributed by atoms with Crippen molar-refractivity contribution in [2.75, 3.05) is 12.8 Å². The lowest BCUT2D eigenvalue weighted by Gasteiger charge is -2.21. The molecule has 88 valence electrons. The maximum Gasteiger partial charge on any atom is 0.362 e. The molecule has 6 nitrogen and oxygen atoms in total. The number of hydrogen-bond donors (Lipinski definition) is 1. The summed E-state index contributed by atoms with van der Waals surface area (Å²) in [5, 5.41) is 0. The lowest BCUT2D eigenvalue weighted by atomic mass is 10.2. The van der Waals surface area contributed by atoms with Gasteiger partial charge in [-0.05, 0) is 20.8 Å². The van der Waals surface area contributed by atoms with Gasteiger partial charge in [0.25, 0.3) is 0 Å². The SMILES string of the molecule is COC(=O)c1nc(N)cnc1OC(C)(C)C. The fraction of sp³-hybridized carbons (Fsp3) is 0.500. The van der Waals surface area contributed by atoms with Crippen LogP contribution in [0.1, 0.15) is 31.3 Å². The Morgan fingerprint density at radius 2 is 2.06 bits per heavy atom. The number of nitrogens with two attached hydrogens (primary N) is 1. The highest BCUT2D eigenvalue weighted by Gasteiger charge is 2.22. The highest BCUT2D eigenvalue weighted by Crippen LogP contribution is 2.20. The average Bonchev–Trinajstić information content (AvgIpc) is 2.17. The number of anilines is 1. The van der Waals surface area contributed by atoms with Crippen molar-refractivity contribution in [2.24, 2.45) is 0 Å². The Morgan fingerprint density at radius 3 is 2.56 bits per heavy atom. The number of aromatic nitrogens is 2.